The summed E-state index contributed by atoms with van der Waals surface area (Å²) in [5.41, 5.74) is -1.15. The minimum absolute atomic E-state index is 0.186. The number of nitrogens with two attached hydrogens (primary N) is 1. The van der Waals surface area contributed by atoms with Crippen LogP contribution in [-0.4, -0.2) is 48.0 Å². The third kappa shape index (κ3) is 5.57. The lowest BCUT2D eigenvalue weighted by Gasteiger charge is -2.32. The van der Waals surface area contributed by atoms with Crippen LogP contribution in [0.2, 0.25) is 0 Å². The topological polar surface area (TPSA) is 127 Å². The standard InChI is InChI=1S/C17H17F5N4O4S/c18-11-5-13(27)14(6-12(11)19)30-15-10(17(20,21)22)7-24-16(26-15)25-8-1-3-9(4-2-8)31(23,28)29/h1-4,7,11-14,27H,5-6H2,(H2,23,28,29)(H,24,25,26)/t11-,12+,13-,14+/m1/s1. The van der Waals surface area contributed by atoms with Crippen LogP contribution in [0.15, 0.2) is 35.4 Å². The van der Waals surface area contributed by atoms with Crippen LogP contribution in [0.5, 0.6) is 5.88 Å². The van der Waals surface area contributed by atoms with Crippen LogP contribution < -0.4 is 15.2 Å². The first-order valence-corrected chi connectivity index (χ1v) is 10.4. The number of primary sulfonamides is 1. The fourth-order valence-corrected chi connectivity index (χ4v) is 3.41. The molecule has 14 heteroatoms. The number of ether oxygens (including phenoxy) is 1. The molecule has 31 heavy (non-hydrogen) atoms. The molecule has 170 valence electrons. The Morgan fingerprint density at radius 1 is 1.13 bits per heavy atom. The molecule has 0 unspecified atom stereocenters. The number of aliphatic hydroxyl groups excluding tert-OH is 1. The molecule has 1 aromatic carbocycles. The van der Waals surface area contributed by atoms with Gasteiger partial charge in [-0.1, -0.05) is 0 Å². The summed E-state index contributed by atoms with van der Waals surface area (Å²) >= 11 is 0. The molecule has 1 aliphatic rings. The van der Waals surface area contributed by atoms with Crippen molar-refractivity contribution in [3.8, 4) is 5.88 Å². The van der Waals surface area contributed by atoms with Gasteiger partial charge in [0.05, 0.1) is 11.0 Å². The van der Waals surface area contributed by atoms with E-state index in [9.17, 15) is 35.5 Å². The molecule has 2 aromatic rings. The van der Waals surface area contributed by atoms with Gasteiger partial charge in [-0.2, -0.15) is 18.2 Å². The fraction of sp³-hybridized carbons (Fsp3) is 0.412. The molecular formula is C17H17F5N4O4S. The third-order valence-corrected chi connectivity index (χ3v) is 5.44. The van der Waals surface area contributed by atoms with Gasteiger partial charge >= 0.3 is 6.18 Å². The van der Waals surface area contributed by atoms with E-state index in [1.54, 1.807) is 0 Å². The Bertz CT molecular complexity index is 1040. The summed E-state index contributed by atoms with van der Waals surface area (Å²) in [4.78, 5) is 7.01. The Kier molecular flexibility index (Phi) is 6.34. The molecule has 4 atom stereocenters. The highest BCUT2D eigenvalue weighted by Crippen LogP contribution is 2.37. The zero-order valence-corrected chi connectivity index (χ0v) is 16.4. The molecule has 1 aliphatic carbocycles. The zero-order chi connectivity index (χ0) is 23.0. The monoisotopic (exact) mass is 468 g/mol. The number of nitrogens with one attached hydrogen (secondary N) is 1. The van der Waals surface area contributed by atoms with Gasteiger partial charge in [0.2, 0.25) is 21.9 Å². The molecule has 0 amide bonds. The number of benzene rings is 1. The molecule has 1 saturated carbocycles. The summed E-state index contributed by atoms with van der Waals surface area (Å²) in [5.74, 6) is -1.32. The van der Waals surface area contributed by atoms with Gasteiger partial charge in [-0.25, -0.2) is 27.3 Å². The van der Waals surface area contributed by atoms with Crippen LogP contribution in [0.25, 0.3) is 0 Å². The summed E-state index contributed by atoms with van der Waals surface area (Å²) in [6.07, 6.45) is -12.7. The Morgan fingerprint density at radius 2 is 1.74 bits per heavy atom. The lowest BCUT2D eigenvalue weighted by Crippen LogP contribution is -2.44. The second kappa shape index (κ2) is 8.51. The first-order valence-electron chi connectivity index (χ1n) is 8.81. The molecule has 0 spiro atoms. The molecule has 0 aliphatic heterocycles. The quantitative estimate of drug-likeness (QED) is 0.576. The van der Waals surface area contributed by atoms with Crippen molar-refractivity contribution < 1.29 is 40.2 Å². The minimum Gasteiger partial charge on any atom is -0.471 e. The normalized spacial score (nSPS) is 24.6. The van der Waals surface area contributed by atoms with E-state index in [1.807, 2.05) is 0 Å². The number of nitrogens with zero attached hydrogens (tertiary/aromatic N) is 2. The van der Waals surface area contributed by atoms with E-state index in [0.29, 0.717) is 6.20 Å². The number of alkyl halides is 5. The zero-order valence-electron chi connectivity index (χ0n) is 15.6. The molecule has 0 saturated heterocycles. The van der Waals surface area contributed by atoms with Crippen LogP contribution in [-0.2, 0) is 16.2 Å². The van der Waals surface area contributed by atoms with E-state index in [1.165, 1.54) is 12.1 Å². The largest absolute Gasteiger partial charge is 0.471 e. The highest BCUT2D eigenvalue weighted by Gasteiger charge is 2.41. The van der Waals surface area contributed by atoms with Crippen molar-refractivity contribution in [1.82, 2.24) is 9.97 Å². The van der Waals surface area contributed by atoms with Gasteiger partial charge in [0.1, 0.15) is 24.0 Å². The molecule has 8 nitrogen and oxygen atoms in total. The molecular weight excluding hydrogens is 451 g/mol. The van der Waals surface area contributed by atoms with E-state index in [-0.39, 0.29) is 16.5 Å². The second-order valence-corrected chi connectivity index (χ2v) is 8.39. The van der Waals surface area contributed by atoms with E-state index < -0.39 is 65.0 Å². The first-order chi connectivity index (χ1) is 14.3. The maximum absolute atomic E-state index is 13.6. The van der Waals surface area contributed by atoms with Crippen LogP contribution in [0.3, 0.4) is 0 Å². The first kappa shape index (κ1) is 23.1. The van der Waals surface area contributed by atoms with Gasteiger partial charge in [0.15, 0.2) is 0 Å². The highest BCUT2D eigenvalue weighted by atomic mass is 32.2. The van der Waals surface area contributed by atoms with E-state index >= 15 is 0 Å². The van der Waals surface area contributed by atoms with Gasteiger partial charge < -0.3 is 15.2 Å². The molecule has 3 rings (SSSR count). The molecule has 1 heterocycles. The van der Waals surface area contributed by atoms with Gasteiger partial charge in [-0.05, 0) is 24.3 Å². The number of hydrogen-bond acceptors (Lipinski definition) is 7. The minimum atomic E-state index is -4.91. The summed E-state index contributed by atoms with van der Waals surface area (Å²) < 4.78 is 94.6. The Morgan fingerprint density at radius 3 is 2.32 bits per heavy atom. The fourth-order valence-electron chi connectivity index (χ4n) is 2.89. The molecule has 1 fully saturated rings. The number of aromatic nitrogens is 2. The number of halogens is 5. The Hall–Kier alpha value is -2.58. The van der Waals surface area contributed by atoms with Crippen molar-refractivity contribution in [3.63, 3.8) is 0 Å². The van der Waals surface area contributed by atoms with Crippen LogP contribution >= 0.6 is 0 Å². The van der Waals surface area contributed by atoms with Crippen molar-refractivity contribution in [2.45, 2.75) is 48.5 Å². The SMILES string of the molecule is NS(=O)(=O)c1ccc(Nc2ncc(C(F)(F)F)c(O[C@H]3C[C@H](F)[C@H](F)C[C@H]3O)n2)cc1. The Balaban J connectivity index is 1.87. The number of aliphatic hydroxyl groups is 1. The predicted octanol–water partition coefficient (Wildman–Crippen LogP) is 2.46. The van der Waals surface area contributed by atoms with Gasteiger partial charge in [-0.15, -0.1) is 0 Å². The van der Waals surface area contributed by atoms with E-state index in [2.05, 4.69) is 15.3 Å². The number of sulfonamides is 1. The maximum atomic E-state index is 13.6. The maximum Gasteiger partial charge on any atom is 0.423 e. The van der Waals surface area contributed by atoms with Gasteiger partial charge in [0.25, 0.3) is 0 Å². The van der Waals surface area contributed by atoms with Crippen LogP contribution in [0.1, 0.15) is 18.4 Å². The predicted molar refractivity (Wildman–Crippen MR) is 97.6 cm³/mol. The third-order valence-electron chi connectivity index (χ3n) is 4.51. The smallest absolute Gasteiger partial charge is 0.423 e. The lowest BCUT2D eigenvalue weighted by atomic mass is 9.91. The molecule has 4 N–H and O–H groups in total. The lowest BCUT2D eigenvalue weighted by molar-refractivity contribution is -0.141. The van der Waals surface area contributed by atoms with Crippen molar-refractivity contribution in [1.29, 1.82) is 0 Å². The van der Waals surface area contributed by atoms with Gasteiger partial charge in [-0.3, -0.25) is 0 Å². The van der Waals surface area contributed by atoms with Crippen LogP contribution in [0.4, 0.5) is 33.6 Å². The highest BCUT2D eigenvalue weighted by molar-refractivity contribution is 7.89. The summed E-state index contributed by atoms with van der Waals surface area (Å²) in [5, 5.41) is 17.4. The van der Waals surface area contributed by atoms with Crippen LogP contribution in [0, 0.1) is 0 Å². The molecule has 0 bridgehead atoms. The average molecular weight is 468 g/mol. The van der Waals surface area contributed by atoms with Crippen molar-refractivity contribution in [2.75, 3.05) is 5.32 Å². The van der Waals surface area contributed by atoms with Crippen molar-refractivity contribution in [2.24, 2.45) is 5.14 Å². The summed E-state index contributed by atoms with van der Waals surface area (Å²) in [6.45, 7) is 0. The van der Waals surface area contributed by atoms with Crippen molar-refractivity contribution >= 4 is 21.7 Å². The number of rotatable bonds is 5. The average Bonchev–Trinajstić information content (AvgIpc) is 2.65. The summed E-state index contributed by atoms with van der Waals surface area (Å²) in [7, 11) is -3.94. The second-order valence-electron chi connectivity index (χ2n) is 6.83. The van der Waals surface area contributed by atoms with Gasteiger partial charge in [0, 0.05) is 24.7 Å². The van der Waals surface area contributed by atoms with E-state index in [0.717, 1.165) is 12.1 Å². The number of anilines is 2. The molecule has 0 radical (unpaired) electrons. The summed E-state index contributed by atoms with van der Waals surface area (Å²) in [6, 6.07) is 4.88. The van der Waals surface area contributed by atoms with E-state index in [4.69, 9.17) is 9.88 Å². The molecule has 1 aromatic heterocycles. The number of hydrogen-bond donors (Lipinski definition) is 3. The van der Waals surface area contributed by atoms with Crippen molar-refractivity contribution in [3.05, 3.63) is 36.0 Å². The Labute approximate surface area is 173 Å².